The number of aliphatic hydroxyl groups is 1. The average Bonchev–Trinajstić information content (AvgIpc) is 2.76. The summed E-state index contributed by atoms with van der Waals surface area (Å²) in [5.41, 5.74) is 0.411. The van der Waals surface area contributed by atoms with Crippen molar-refractivity contribution in [1.29, 1.82) is 0 Å². The summed E-state index contributed by atoms with van der Waals surface area (Å²) in [6, 6.07) is 14.2. The molecule has 0 saturated heterocycles. The monoisotopic (exact) mass is 469 g/mol. The number of primary amides is 1. The highest BCUT2D eigenvalue weighted by Gasteiger charge is 2.71. The fourth-order valence-corrected chi connectivity index (χ4v) is 3.45. The predicted molar refractivity (Wildman–Crippen MR) is 108 cm³/mol. The quantitative estimate of drug-likeness (QED) is 0.489. The standard InChI is InChI=1S/C23H17F6NO3/c1-33-16-11-7-13(8-12-16)17-3-2-4-18(20(30)31)19(17)14-5-9-15(10-6-14)21(32,22(24,25)26)23(27,28)29/h2-12,32H,1H3,(H2,30,31). The molecular weight excluding hydrogens is 452 g/mol. The van der Waals surface area contributed by atoms with E-state index < -0.39 is 29.4 Å². The van der Waals surface area contributed by atoms with E-state index in [0.29, 0.717) is 29.0 Å². The van der Waals surface area contributed by atoms with E-state index in [4.69, 9.17) is 10.5 Å². The maximum atomic E-state index is 13.2. The van der Waals surface area contributed by atoms with Gasteiger partial charge >= 0.3 is 12.4 Å². The van der Waals surface area contributed by atoms with Gasteiger partial charge in [-0.2, -0.15) is 26.3 Å². The Kier molecular flexibility index (Phi) is 6.16. The summed E-state index contributed by atoms with van der Waals surface area (Å²) in [7, 11) is 1.47. The van der Waals surface area contributed by atoms with Crippen LogP contribution < -0.4 is 10.5 Å². The lowest BCUT2D eigenvalue weighted by Crippen LogP contribution is -2.53. The molecule has 0 saturated carbocycles. The highest BCUT2D eigenvalue weighted by molar-refractivity contribution is 6.04. The van der Waals surface area contributed by atoms with E-state index in [1.165, 1.54) is 13.2 Å². The Hall–Kier alpha value is -3.53. The molecule has 1 amide bonds. The van der Waals surface area contributed by atoms with E-state index in [9.17, 15) is 36.2 Å². The zero-order valence-corrected chi connectivity index (χ0v) is 17.0. The average molecular weight is 469 g/mol. The third-order valence-electron chi connectivity index (χ3n) is 5.14. The first-order chi connectivity index (χ1) is 15.3. The number of carbonyl (C=O) groups is 1. The van der Waals surface area contributed by atoms with Gasteiger partial charge in [-0.1, -0.05) is 48.5 Å². The molecule has 0 radical (unpaired) electrons. The number of benzene rings is 3. The van der Waals surface area contributed by atoms with Crippen molar-refractivity contribution < 1.29 is 41.0 Å². The van der Waals surface area contributed by atoms with E-state index in [0.717, 1.165) is 12.1 Å². The first kappa shape index (κ1) is 24.1. The van der Waals surface area contributed by atoms with Crippen LogP contribution in [0.1, 0.15) is 15.9 Å². The van der Waals surface area contributed by atoms with Crippen molar-refractivity contribution in [2.24, 2.45) is 5.73 Å². The SMILES string of the molecule is COc1ccc(-c2cccc(C(N)=O)c2-c2ccc(C(O)(C(F)(F)F)C(F)(F)F)cc2)cc1. The molecule has 0 aromatic heterocycles. The second-order valence-electron chi connectivity index (χ2n) is 7.10. The highest BCUT2D eigenvalue weighted by atomic mass is 19.4. The number of ether oxygens (including phenoxy) is 1. The van der Waals surface area contributed by atoms with Crippen LogP contribution in [0.2, 0.25) is 0 Å². The van der Waals surface area contributed by atoms with Gasteiger partial charge in [0.25, 0.3) is 5.60 Å². The van der Waals surface area contributed by atoms with E-state index in [1.807, 2.05) is 0 Å². The van der Waals surface area contributed by atoms with Gasteiger partial charge in [0.05, 0.1) is 7.11 Å². The van der Waals surface area contributed by atoms with Gasteiger partial charge in [0, 0.05) is 16.7 Å². The molecule has 0 aliphatic heterocycles. The Bertz CT molecular complexity index is 1140. The van der Waals surface area contributed by atoms with Crippen molar-refractivity contribution in [3.63, 3.8) is 0 Å². The van der Waals surface area contributed by atoms with Crippen LogP contribution in [-0.4, -0.2) is 30.5 Å². The topological polar surface area (TPSA) is 72.5 Å². The maximum Gasteiger partial charge on any atom is 0.430 e. The predicted octanol–water partition coefficient (Wildman–Crippen LogP) is 5.44. The molecule has 174 valence electrons. The number of rotatable bonds is 5. The van der Waals surface area contributed by atoms with Gasteiger partial charge in [0.1, 0.15) is 5.75 Å². The fraction of sp³-hybridized carbons (Fsp3) is 0.174. The molecule has 3 aromatic rings. The van der Waals surface area contributed by atoms with Crippen LogP contribution in [0.5, 0.6) is 5.75 Å². The molecule has 4 nitrogen and oxygen atoms in total. The molecule has 0 unspecified atom stereocenters. The number of methoxy groups -OCH3 is 1. The van der Waals surface area contributed by atoms with Gasteiger partial charge in [0.15, 0.2) is 0 Å². The Morgan fingerprint density at radius 3 is 1.79 bits per heavy atom. The number of halogens is 6. The summed E-state index contributed by atoms with van der Waals surface area (Å²) in [5, 5.41) is 9.61. The van der Waals surface area contributed by atoms with Crippen molar-refractivity contribution in [2.45, 2.75) is 18.0 Å². The lowest BCUT2D eigenvalue weighted by Gasteiger charge is -2.32. The lowest BCUT2D eigenvalue weighted by molar-refractivity contribution is -0.376. The summed E-state index contributed by atoms with van der Waals surface area (Å²) < 4.78 is 84.2. The fourth-order valence-electron chi connectivity index (χ4n) is 3.45. The summed E-state index contributed by atoms with van der Waals surface area (Å²) in [4.78, 5) is 12.0. The normalized spacial score (nSPS) is 12.5. The third-order valence-corrected chi connectivity index (χ3v) is 5.14. The minimum atomic E-state index is -6.01. The molecule has 3 rings (SSSR count). The zero-order chi connectivity index (χ0) is 24.6. The number of nitrogens with two attached hydrogens (primary N) is 1. The molecule has 3 aromatic carbocycles. The zero-order valence-electron chi connectivity index (χ0n) is 17.0. The number of alkyl halides is 6. The second kappa shape index (κ2) is 8.43. The highest BCUT2D eigenvalue weighted by Crippen LogP contribution is 2.50. The molecule has 0 bridgehead atoms. The maximum absolute atomic E-state index is 13.2. The Labute approximate surface area is 184 Å². The van der Waals surface area contributed by atoms with E-state index in [1.54, 1.807) is 36.4 Å². The van der Waals surface area contributed by atoms with Gasteiger partial charge in [-0.05, 0) is 34.9 Å². The molecule has 10 heteroatoms. The van der Waals surface area contributed by atoms with E-state index in [-0.39, 0.29) is 16.7 Å². The lowest BCUT2D eigenvalue weighted by atomic mass is 9.87. The Morgan fingerprint density at radius 1 is 0.818 bits per heavy atom. The van der Waals surface area contributed by atoms with Crippen LogP contribution in [0.3, 0.4) is 0 Å². The number of carbonyl (C=O) groups excluding carboxylic acids is 1. The Morgan fingerprint density at radius 2 is 1.33 bits per heavy atom. The van der Waals surface area contributed by atoms with Crippen LogP contribution in [0.4, 0.5) is 26.3 Å². The first-order valence-electron chi connectivity index (χ1n) is 9.35. The van der Waals surface area contributed by atoms with Gasteiger partial charge in [-0.3, -0.25) is 4.79 Å². The van der Waals surface area contributed by atoms with E-state index >= 15 is 0 Å². The van der Waals surface area contributed by atoms with Crippen molar-refractivity contribution in [2.75, 3.05) is 7.11 Å². The molecular formula is C23H17F6NO3. The summed E-state index contributed by atoms with van der Waals surface area (Å²) in [5.74, 6) is -0.291. The third kappa shape index (κ3) is 4.25. The van der Waals surface area contributed by atoms with Crippen LogP contribution in [0, 0.1) is 0 Å². The number of amides is 1. The number of hydrogen-bond acceptors (Lipinski definition) is 3. The summed E-state index contributed by atoms with van der Waals surface area (Å²) in [6.45, 7) is 0. The van der Waals surface area contributed by atoms with Crippen LogP contribution >= 0.6 is 0 Å². The van der Waals surface area contributed by atoms with Gasteiger partial charge in [-0.15, -0.1) is 0 Å². The number of hydrogen-bond donors (Lipinski definition) is 2. The summed E-state index contributed by atoms with van der Waals surface area (Å²) >= 11 is 0. The Balaban J connectivity index is 2.20. The van der Waals surface area contributed by atoms with E-state index in [2.05, 4.69) is 0 Å². The summed E-state index contributed by atoms with van der Waals surface area (Å²) in [6.07, 6.45) is -12.0. The van der Waals surface area contributed by atoms with Crippen LogP contribution in [-0.2, 0) is 5.60 Å². The van der Waals surface area contributed by atoms with Gasteiger partial charge in [0.2, 0.25) is 5.91 Å². The molecule has 0 heterocycles. The van der Waals surface area contributed by atoms with Crippen molar-refractivity contribution >= 4 is 5.91 Å². The van der Waals surface area contributed by atoms with Crippen molar-refractivity contribution in [3.05, 3.63) is 77.9 Å². The largest absolute Gasteiger partial charge is 0.497 e. The molecule has 0 atom stereocenters. The van der Waals surface area contributed by atoms with Crippen LogP contribution in [0.15, 0.2) is 66.7 Å². The van der Waals surface area contributed by atoms with Crippen molar-refractivity contribution in [1.82, 2.24) is 0 Å². The van der Waals surface area contributed by atoms with Crippen LogP contribution in [0.25, 0.3) is 22.3 Å². The minimum absolute atomic E-state index is 0.0120. The van der Waals surface area contributed by atoms with Gasteiger partial charge < -0.3 is 15.6 Å². The van der Waals surface area contributed by atoms with Crippen molar-refractivity contribution in [3.8, 4) is 28.0 Å². The second-order valence-corrected chi connectivity index (χ2v) is 7.10. The first-order valence-corrected chi connectivity index (χ1v) is 9.35. The molecule has 0 spiro atoms. The molecule has 0 fully saturated rings. The molecule has 0 aliphatic rings. The minimum Gasteiger partial charge on any atom is -0.497 e. The molecule has 0 aliphatic carbocycles. The van der Waals surface area contributed by atoms with Gasteiger partial charge in [-0.25, -0.2) is 0 Å². The molecule has 3 N–H and O–H groups in total. The smallest absolute Gasteiger partial charge is 0.430 e. The molecule has 33 heavy (non-hydrogen) atoms.